The molecule has 0 saturated carbocycles. The van der Waals surface area contributed by atoms with E-state index in [2.05, 4.69) is 10.6 Å². The number of rotatable bonds is 3. The minimum atomic E-state index is -4.41. The van der Waals surface area contributed by atoms with Gasteiger partial charge in [0.2, 0.25) is 5.91 Å². The van der Waals surface area contributed by atoms with Gasteiger partial charge in [-0.15, -0.1) is 0 Å². The molecule has 9 heteroatoms. The van der Waals surface area contributed by atoms with Crippen LogP contribution in [0, 0.1) is 0 Å². The number of halogens is 3. The van der Waals surface area contributed by atoms with Crippen LogP contribution in [0.5, 0.6) is 0 Å². The van der Waals surface area contributed by atoms with Crippen LogP contribution in [0.25, 0.3) is 0 Å². The van der Waals surface area contributed by atoms with Gasteiger partial charge >= 0.3 is 12.2 Å². The van der Waals surface area contributed by atoms with Crippen LogP contribution in [0.2, 0.25) is 0 Å². The molecule has 6 nitrogen and oxygen atoms in total. The molecule has 0 spiro atoms. The van der Waals surface area contributed by atoms with Gasteiger partial charge in [0.05, 0.1) is 5.56 Å². The van der Waals surface area contributed by atoms with Gasteiger partial charge in [-0.2, -0.15) is 13.2 Å². The summed E-state index contributed by atoms with van der Waals surface area (Å²) in [6.07, 6.45) is -2.43. The predicted molar refractivity (Wildman–Crippen MR) is 99.0 cm³/mol. The molecule has 1 aromatic rings. The van der Waals surface area contributed by atoms with Crippen molar-refractivity contribution < 1.29 is 22.8 Å². The highest BCUT2D eigenvalue weighted by atomic mass is 19.4. The first kappa shape index (κ1) is 20.3. The van der Waals surface area contributed by atoms with Crippen LogP contribution in [-0.4, -0.2) is 55.1 Å². The predicted octanol–water partition coefficient (Wildman–Crippen LogP) is 2.59. The molecule has 2 fully saturated rings. The molecule has 2 aliphatic rings. The fourth-order valence-corrected chi connectivity index (χ4v) is 3.84. The number of carbonyl (C=O) groups excluding carboxylic acids is 2. The van der Waals surface area contributed by atoms with Gasteiger partial charge in [0.15, 0.2) is 0 Å². The fraction of sp³-hybridized carbons (Fsp3) is 0.579. The van der Waals surface area contributed by atoms with Crippen molar-refractivity contribution in [2.24, 2.45) is 0 Å². The molecule has 154 valence electrons. The van der Waals surface area contributed by atoms with E-state index in [1.165, 1.54) is 19.1 Å². The zero-order chi connectivity index (χ0) is 20.3. The number of likely N-dealkylation sites (tertiary alicyclic amines) is 1. The molecule has 0 radical (unpaired) electrons. The third kappa shape index (κ3) is 4.88. The number of anilines is 1. The number of piperidine rings is 1. The van der Waals surface area contributed by atoms with E-state index in [1.54, 1.807) is 15.9 Å². The summed E-state index contributed by atoms with van der Waals surface area (Å²) in [6, 6.07) is 4.99. The van der Waals surface area contributed by atoms with Crippen molar-refractivity contribution in [2.75, 3.05) is 31.1 Å². The molecule has 2 aliphatic heterocycles. The molecule has 28 heavy (non-hydrogen) atoms. The smallest absolute Gasteiger partial charge is 0.369 e. The lowest BCUT2D eigenvalue weighted by atomic mass is 10.1. The standard InChI is InChI=1S/C19H25F3N4O2/c1-13(27)25-9-6-14(7-10-25)23-18(28)24-15-8-11-26(12-15)17-5-3-2-4-16(17)19(20,21)22/h2-5,14-15H,6-12H2,1H3,(H2,23,24,28). The van der Waals surface area contributed by atoms with E-state index in [4.69, 9.17) is 0 Å². The van der Waals surface area contributed by atoms with Crippen LogP contribution < -0.4 is 15.5 Å². The molecular formula is C19H25F3N4O2. The summed E-state index contributed by atoms with van der Waals surface area (Å²) in [5.74, 6) is 0.0353. The van der Waals surface area contributed by atoms with Gasteiger partial charge in [-0.25, -0.2) is 4.79 Å². The van der Waals surface area contributed by atoms with Gasteiger partial charge in [-0.05, 0) is 31.4 Å². The van der Waals surface area contributed by atoms with Crippen molar-refractivity contribution in [1.29, 1.82) is 0 Å². The van der Waals surface area contributed by atoms with Crippen LogP contribution in [-0.2, 0) is 11.0 Å². The summed E-state index contributed by atoms with van der Waals surface area (Å²) in [5.41, 5.74) is -0.506. The molecular weight excluding hydrogens is 373 g/mol. The van der Waals surface area contributed by atoms with E-state index in [9.17, 15) is 22.8 Å². The quantitative estimate of drug-likeness (QED) is 0.823. The molecule has 3 rings (SSSR count). The van der Waals surface area contributed by atoms with Crippen molar-refractivity contribution in [1.82, 2.24) is 15.5 Å². The summed E-state index contributed by atoms with van der Waals surface area (Å²) in [5, 5.41) is 5.77. The van der Waals surface area contributed by atoms with E-state index in [0.29, 0.717) is 45.4 Å². The Bertz CT molecular complexity index is 717. The molecule has 2 saturated heterocycles. The van der Waals surface area contributed by atoms with Crippen molar-refractivity contribution in [2.45, 2.75) is 44.4 Å². The number of hydrogen-bond donors (Lipinski definition) is 2. The van der Waals surface area contributed by atoms with E-state index in [-0.39, 0.29) is 29.7 Å². The van der Waals surface area contributed by atoms with Gasteiger partial charge in [0, 0.05) is 50.9 Å². The number of amides is 3. The second-order valence-electron chi connectivity index (χ2n) is 7.34. The summed E-state index contributed by atoms with van der Waals surface area (Å²) >= 11 is 0. The lowest BCUT2D eigenvalue weighted by Crippen LogP contribution is -2.51. The second-order valence-corrected chi connectivity index (χ2v) is 7.34. The second kappa shape index (κ2) is 8.28. The third-order valence-corrected chi connectivity index (χ3v) is 5.35. The monoisotopic (exact) mass is 398 g/mol. The molecule has 1 unspecified atom stereocenters. The maximum atomic E-state index is 13.2. The Kier molecular flexibility index (Phi) is 6.00. The highest BCUT2D eigenvalue weighted by Gasteiger charge is 2.36. The van der Waals surface area contributed by atoms with E-state index in [1.807, 2.05) is 0 Å². The van der Waals surface area contributed by atoms with E-state index < -0.39 is 11.7 Å². The van der Waals surface area contributed by atoms with Crippen molar-refractivity contribution >= 4 is 17.6 Å². The molecule has 1 atom stereocenters. The zero-order valence-corrected chi connectivity index (χ0v) is 15.8. The molecule has 1 aromatic carbocycles. The maximum Gasteiger partial charge on any atom is 0.418 e. The Hall–Kier alpha value is -2.45. The number of alkyl halides is 3. The topological polar surface area (TPSA) is 64.7 Å². The fourth-order valence-electron chi connectivity index (χ4n) is 3.84. The first-order valence-electron chi connectivity index (χ1n) is 9.48. The lowest BCUT2D eigenvalue weighted by molar-refractivity contribution is -0.137. The van der Waals surface area contributed by atoms with Crippen molar-refractivity contribution in [3.63, 3.8) is 0 Å². The minimum Gasteiger partial charge on any atom is -0.369 e. The minimum absolute atomic E-state index is 0.000869. The van der Waals surface area contributed by atoms with Gasteiger partial charge in [-0.1, -0.05) is 12.1 Å². The third-order valence-electron chi connectivity index (χ3n) is 5.35. The van der Waals surface area contributed by atoms with Gasteiger partial charge in [0.25, 0.3) is 0 Å². The number of nitrogens with one attached hydrogen (secondary N) is 2. The average Bonchev–Trinajstić information content (AvgIpc) is 3.09. The summed E-state index contributed by atoms with van der Waals surface area (Å²) in [4.78, 5) is 27.0. The van der Waals surface area contributed by atoms with Crippen LogP contribution in [0.1, 0.15) is 31.7 Å². The Balaban J connectivity index is 1.50. The van der Waals surface area contributed by atoms with Crippen molar-refractivity contribution in [3.05, 3.63) is 29.8 Å². The van der Waals surface area contributed by atoms with Crippen LogP contribution in [0.3, 0.4) is 0 Å². The normalized spacial score (nSPS) is 20.9. The molecule has 0 bridgehead atoms. The highest BCUT2D eigenvalue weighted by Crippen LogP contribution is 2.37. The maximum absolute atomic E-state index is 13.2. The molecule has 0 aromatic heterocycles. The van der Waals surface area contributed by atoms with E-state index in [0.717, 1.165) is 6.07 Å². The van der Waals surface area contributed by atoms with Crippen LogP contribution in [0.4, 0.5) is 23.7 Å². The Labute approximate surface area is 162 Å². The Morgan fingerprint density at radius 3 is 2.25 bits per heavy atom. The molecule has 2 N–H and O–H groups in total. The van der Waals surface area contributed by atoms with Crippen LogP contribution >= 0.6 is 0 Å². The molecule has 3 amide bonds. The number of carbonyl (C=O) groups is 2. The van der Waals surface area contributed by atoms with Crippen LogP contribution in [0.15, 0.2) is 24.3 Å². The number of nitrogens with zero attached hydrogens (tertiary/aromatic N) is 2. The zero-order valence-electron chi connectivity index (χ0n) is 15.8. The Morgan fingerprint density at radius 2 is 1.61 bits per heavy atom. The first-order chi connectivity index (χ1) is 13.2. The SMILES string of the molecule is CC(=O)N1CCC(NC(=O)NC2CCN(c3ccccc3C(F)(F)F)C2)CC1. The largest absolute Gasteiger partial charge is 0.418 e. The number of benzene rings is 1. The number of hydrogen-bond acceptors (Lipinski definition) is 3. The van der Waals surface area contributed by atoms with E-state index >= 15 is 0 Å². The molecule has 0 aliphatic carbocycles. The van der Waals surface area contributed by atoms with Gasteiger partial charge in [0.1, 0.15) is 0 Å². The van der Waals surface area contributed by atoms with Gasteiger partial charge in [-0.3, -0.25) is 4.79 Å². The Morgan fingerprint density at radius 1 is 1.00 bits per heavy atom. The molecule has 2 heterocycles. The first-order valence-corrected chi connectivity index (χ1v) is 9.48. The summed E-state index contributed by atoms with van der Waals surface area (Å²) < 4.78 is 39.6. The summed E-state index contributed by atoms with van der Waals surface area (Å²) in [6.45, 7) is 3.55. The van der Waals surface area contributed by atoms with Crippen molar-refractivity contribution in [3.8, 4) is 0 Å². The highest BCUT2D eigenvalue weighted by molar-refractivity contribution is 5.75. The van der Waals surface area contributed by atoms with Gasteiger partial charge < -0.3 is 20.4 Å². The number of para-hydroxylation sites is 1. The lowest BCUT2D eigenvalue weighted by Gasteiger charge is -2.32. The summed E-state index contributed by atoms with van der Waals surface area (Å²) in [7, 11) is 0. The average molecular weight is 398 g/mol. The number of urea groups is 1.